The molecule has 0 saturated carbocycles. The number of aromatic nitrogens is 2. The van der Waals surface area contributed by atoms with Gasteiger partial charge in [-0.15, -0.1) is 22.7 Å². The van der Waals surface area contributed by atoms with Gasteiger partial charge >= 0.3 is 5.97 Å². The van der Waals surface area contributed by atoms with Crippen LogP contribution in [0.15, 0.2) is 40.2 Å². The Hall–Kier alpha value is -1.57. The second kappa shape index (κ2) is 5.91. The highest BCUT2D eigenvalue weighted by Gasteiger charge is 2.29. The smallest absolute Gasteiger partial charge is 0.319 e. The van der Waals surface area contributed by atoms with Crippen molar-refractivity contribution in [2.75, 3.05) is 6.61 Å². The van der Waals surface area contributed by atoms with Crippen LogP contribution in [0, 0.1) is 0 Å². The zero-order chi connectivity index (χ0) is 14.9. The quantitative estimate of drug-likeness (QED) is 0.715. The lowest BCUT2D eigenvalue weighted by Crippen LogP contribution is -2.09. The van der Waals surface area contributed by atoms with Gasteiger partial charge < -0.3 is 9.72 Å². The van der Waals surface area contributed by atoms with E-state index in [0.717, 1.165) is 32.7 Å². The number of esters is 1. The monoisotopic (exact) mass is 348 g/mol. The first-order valence-electron chi connectivity index (χ1n) is 6.82. The molecule has 4 heterocycles. The molecule has 1 fully saturated rings. The fourth-order valence-electron chi connectivity index (χ4n) is 2.32. The van der Waals surface area contributed by atoms with Gasteiger partial charge in [0.1, 0.15) is 10.9 Å². The second-order valence-corrected chi connectivity index (χ2v) is 7.87. The number of H-pyrrole nitrogens is 1. The first-order chi connectivity index (χ1) is 10.8. The van der Waals surface area contributed by atoms with E-state index in [1.54, 1.807) is 22.7 Å². The van der Waals surface area contributed by atoms with Gasteiger partial charge in [0.25, 0.3) is 0 Å². The summed E-state index contributed by atoms with van der Waals surface area (Å²) in [5, 5.41) is 4.72. The summed E-state index contributed by atoms with van der Waals surface area (Å²) in [5.41, 5.74) is 1.97. The van der Waals surface area contributed by atoms with Crippen molar-refractivity contribution in [2.24, 2.45) is 0 Å². The Balaban J connectivity index is 1.72. The first kappa shape index (κ1) is 14.0. The number of carbonyl (C=O) groups excluding carboxylic acids is 1. The van der Waals surface area contributed by atoms with E-state index in [9.17, 15) is 4.79 Å². The molecule has 1 N–H and O–H groups in total. The van der Waals surface area contributed by atoms with Crippen LogP contribution in [0.1, 0.15) is 6.42 Å². The third-order valence-corrected chi connectivity index (χ3v) is 6.24. The molecule has 3 aromatic heterocycles. The first-order valence-corrected chi connectivity index (χ1v) is 9.46. The average molecular weight is 348 g/mol. The highest BCUT2D eigenvalue weighted by Crippen LogP contribution is 2.38. The molecule has 1 aliphatic heterocycles. The molecule has 0 aliphatic carbocycles. The number of nitrogens with zero attached hydrogens (tertiary/aromatic N) is 1. The number of aromatic amines is 1. The van der Waals surface area contributed by atoms with Crippen LogP contribution in [0.25, 0.3) is 21.1 Å². The van der Waals surface area contributed by atoms with E-state index in [2.05, 4.69) is 22.5 Å². The summed E-state index contributed by atoms with van der Waals surface area (Å²) < 4.78 is 5.02. The fraction of sp³-hybridized carbons (Fsp3) is 0.200. The molecule has 112 valence electrons. The van der Waals surface area contributed by atoms with Crippen molar-refractivity contribution in [3.63, 3.8) is 0 Å². The van der Waals surface area contributed by atoms with Gasteiger partial charge in [-0.25, -0.2) is 4.98 Å². The lowest BCUT2D eigenvalue weighted by Gasteiger charge is -2.00. The van der Waals surface area contributed by atoms with Crippen molar-refractivity contribution in [3.05, 3.63) is 35.0 Å². The topological polar surface area (TPSA) is 55.0 Å². The Bertz CT molecular complexity index is 726. The minimum Gasteiger partial charge on any atom is -0.465 e. The molecule has 0 aromatic carbocycles. The molecule has 0 bridgehead atoms. The number of carbonyl (C=O) groups is 1. The average Bonchev–Trinajstić information content (AvgIpc) is 3.26. The molecule has 1 saturated heterocycles. The van der Waals surface area contributed by atoms with Crippen LogP contribution in [-0.2, 0) is 9.53 Å². The summed E-state index contributed by atoms with van der Waals surface area (Å²) >= 11 is 4.80. The minimum absolute atomic E-state index is 0.142. The van der Waals surface area contributed by atoms with Gasteiger partial charge in [0.05, 0.1) is 22.1 Å². The van der Waals surface area contributed by atoms with Crippen LogP contribution in [0.5, 0.6) is 0 Å². The molecule has 0 radical (unpaired) electrons. The van der Waals surface area contributed by atoms with Gasteiger partial charge in [-0.05, 0) is 22.9 Å². The van der Waals surface area contributed by atoms with Crippen molar-refractivity contribution in [1.82, 2.24) is 9.97 Å². The van der Waals surface area contributed by atoms with Gasteiger partial charge in [0.2, 0.25) is 0 Å². The predicted octanol–water partition coefficient (Wildman–Crippen LogP) is 4.27. The Kier molecular flexibility index (Phi) is 3.77. The van der Waals surface area contributed by atoms with Gasteiger partial charge in [-0.2, -0.15) is 0 Å². The molecule has 4 nitrogen and oxygen atoms in total. The maximum Gasteiger partial charge on any atom is 0.319 e. The predicted molar refractivity (Wildman–Crippen MR) is 90.4 cm³/mol. The third-order valence-electron chi connectivity index (χ3n) is 3.35. The van der Waals surface area contributed by atoms with Crippen LogP contribution in [0.2, 0.25) is 0 Å². The van der Waals surface area contributed by atoms with Crippen molar-refractivity contribution in [2.45, 2.75) is 16.8 Å². The lowest BCUT2D eigenvalue weighted by atomic mass is 10.2. The molecule has 0 amide bonds. The number of rotatable bonds is 4. The van der Waals surface area contributed by atoms with Crippen LogP contribution < -0.4 is 0 Å². The van der Waals surface area contributed by atoms with Crippen molar-refractivity contribution >= 4 is 40.4 Å². The largest absolute Gasteiger partial charge is 0.465 e. The summed E-state index contributed by atoms with van der Waals surface area (Å²) in [4.78, 5) is 22.0. The van der Waals surface area contributed by atoms with E-state index < -0.39 is 0 Å². The number of thioether (sulfide) groups is 1. The van der Waals surface area contributed by atoms with Crippen molar-refractivity contribution < 1.29 is 9.53 Å². The Morgan fingerprint density at radius 2 is 2.00 bits per heavy atom. The summed E-state index contributed by atoms with van der Waals surface area (Å²) in [6.07, 6.45) is 0.743. The molecule has 7 heteroatoms. The Labute approximate surface area is 139 Å². The van der Waals surface area contributed by atoms with E-state index >= 15 is 0 Å². The molecule has 1 atom stereocenters. The van der Waals surface area contributed by atoms with Gasteiger partial charge in [0, 0.05) is 6.42 Å². The summed E-state index contributed by atoms with van der Waals surface area (Å²) in [5.74, 6) is -0.142. The van der Waals surface area contributed by atoms with Gasteiger partial charge in [0.15, 0.2) is 5.16 Å². The van der Waals surface area contributed by atoms with Crippen LogP contribution in [0.3, 0.4) is 0 Å². The number of cyclic esters (lactones) is 1. The fourth-order valence-corrected chi connectivity index (χ4v) is 4.72. The number of thiophene rings is 2. The molecule has 0 unspecified atom stereocenters. The number of hydrogen-bond acceptors (Lipinski definition) is 6. The molecular formula is C15H12N2O2S3. The summed E-state index contributed by atoms with van der Waals surface area (Å²) in [7, 11) is 0. The molecule has 1 aliphatic rings. The Morgan fingerprint density at radius 1 is 1.23 bits per heavy atom. The number of hydrogen-bond donors (Lipinski definition) is 1. The van der Waals surface area contributed by atoms with Crippen LogP contribution in [0.4, 0.5) is 0 Å². The van der Waals surface area contributed by atoms with Crippen LogP contribution in [-0.4, -0.2) is 27.8 Å². The maximum absolute atomic E-state index is 11.6. The molecule has 3 aromatic rings. The van der Waals surface area contributed by atoms with E-state index in [-0.39, 0.29) is 11.2 Å². The van der Waals surface area contributed by atoms with Gasteiger partial charge in [-0.3, -0.25) is 4.79 Å². The van der Waals surface area contributed by atoms with Crippen molar-refractivity contribution in [3.8, 4) is 21.1 Å². The lowest BCUT2D eigenvalue weighted by molar-refractivity contribution is -0.137. The van der Waals surface area contributed by atoms with E-state index in [4.69, 9.17) is 9.72 Å². The molecule has 0 spiro atoms. The molecule has 22 heavy (non-hydrogen) atoms. The van der Waals surface area contributed by atoms with E-state index in [1.165, 1.54) is 11.8 Å². The summed E-state index contributed by atoms with van der Waals surface area (Å²) in [6.45, 7) is 0.507. The third kappa shape index (κ3) is 2.60. The minimum atomic E-state index is -0.154. The molecular weight excluding hydrogens is 336 g/mol. The number of ether oxygens (including phenoxy) is 1. The second-order valence-electron chi connectivity index (χ2n) is 4.78. The zero-order valence-corrected chi connectivity index (χ0v) is 13.9. The van der Waals surface area contributed by atoms with Crippen LogP contribution >= 0.6 is 34.4 Å². The van der Waals surface area contributed by atoms with E-state index in [1.807, 2.05) is 17.5 Å². The number of imidazole rings is 1. The zero-order valence-electron chi connectivity index (χ0n) is 11.4. The number of nitrogens with one attached hydrogen (secondary N) is 1. The highest BCUT2D eigenvalue weighted by molar-refractivity contribution is 8.00. The maximum atomic E-state index is 11.6. The molecule has 4 rings (SSSR count). The van der Waals surface area contributed by atoms with E-state index in [0.29, 0.717) is 6.61 Å². The standard InChI is InChI=1S/C15H12N2O2S3/c18-14-11(5-6-19-14)22-15-16-12(9-3-1-7-20-9)13(17-15)10-4-2-8-21-10/h1-4,7-8,11H,5-6H2,(H,16,17)/t11-/m0/s1. The van der Waals surface area contributed by atoms with Gasteiger partial charge in [-0.1, -0.05) is 23.9 Å². The Morgan fingerprint density at radius 3 is 2.64 bits per heavy atom. The van der Waals surface area contributed by atoms with Crippen molar-refractivity contribution in [1.29, 1.82) is 0 Å². The summed E-state index contributed by atoms with van der Waals surface area (Å²) in [6, 6.07) is 8.19. The highest BCUT2D eigenvalue weighted by atomic mass is 32.2. The SMILES string of the molecule is O=C1OCC[C@@H]1Sc1nc(-c2cccs2)c(-c2cccs2)[nH]1. The normalized spacial score (nSPS) is 17.8.